The molecule has 3 aromatic rings. The lowest BCUT2D eigenvalue weighted by Crippen LogP contribution is -2.59. The van der Waals surface area contributed by atoms with Gasteiger partial charge in [-0.1, -0.05) is 73.7 Å². The van der Waals surface area contributed by atoms with E-state index in [0.29, 0.717) is 30.3 Å². The van der Waals surface area contributed by atoms with E-state index in [2.05, 4.69) is 28.8 Å². The first-order chi connectivity index (χ1) is 24.6. The second-order valence-electron chi connectivity index (χ2n) is 13.8. The number of aliphatic hydroxyl groups is 1. The van der Waals surface area contributed by atoms with Crippen molar-refractivity contribution in [3.05, 3.63) is 85.5 Å². The number of aliphatic hydroxyl groups excluding tert-OH is 1. The van der Waals surface area contributed by atoms with Gasteiger partial charge in [-0.25, -0.2) is 4.68 Å². The second-order valence-corrected chi connectivity index (χ2v) is 13.8. The summed E-state index contributed by atoms with van der Waals surface area (Å²) in [6.45, 7) is 11.1. The van der Waals surface area contributed by atoms with Gasteiger partial charge >= 0.3 is 5.97 Å². The summed E-state index contributed by atoms with van der Waals surface area (Å²) in [5.74, 6) is -3.89. The SMILES string of the molecule is C=CCCC(=O)NC[C@@H](OC(=O)[C@@H]1[C@@H]2CC[C@]3(O2)[C@H](C(=O)N(CC=C)Cn2nnc4ccccc42)N([C@@H](CO)C(C)C)C(=O)[C@@H]13)c1ccccc1. The number of carbonyl (C=O) groups excluding carboxylic acids is 4. The normalized spacial score (nSPS) is 24.7. The number of benzene rings is 2. The van der Waals surface area contributed by atoms with E-state index < -0.39 is 59.5 Å². The maximum Gasteiger partial charge on any atom is 0.313 e. The fraction of sp³-hybridized carbons (Fsp3) is 0.474. The Morgan fingerprint density at radius 2 is 1.88 bits per heavy atom. The number of carbonyl (C=O) groups is 4. The molecule has 0 radical (unpaired) electrons. The van der Waals surface area contributed by atoms with Crippen LogP contribution in [0.15, 0.2) is 79.9 Å². The van der Waals surface area contributed by atoms with E-state index in [1.807, 2.05) is 68.4 Å². The number of amides is 3. The third-order valence-electron chi connectivity index (χ3n) is 10.4. The van der Waals surface area contributed by atoms with Crippen LogP contribution in [-0.4, -0.2) is 97.1 Å². The van der Waals surface area contributed by atoms with Crippen molar-refractivity contribution >= 4 is 34.7 Å². The van der Waals surface area contributed by atoms with Gasteiger partial charge in [0, 0.05) is 13.0 Å². The first-order valence-corrected chi connectivity index (χ1v) is 17.6. The van der Waals surface area contributed by atoms with Gasteiger partial charge in [0.05, 0.1) is 42.6 Å². The van der Waals surface area contributed by atoms with Crippen molar-refractivity contribution in [2.75, 3.05) is 19.7 Å². The molecule has 13 nitrogen and oxygen atoms in total. The molecule has 2 bridgehead atoms. The van der Waals surface area contributed by atoms with Crippen molar-refractivity contribution in [3.8, 4) is 0 Å². The van der Waals surface area contributed by atoms with Gasteiger partial charge in [0.25, 0.3) is 0 Å². The Bertz CT molecular complexity index is 1780. The quantitative estimate of drug-likeness (QED) is 0.170. The Morgan fingerprint density at radius 3 is 2.59 bits per heavy atom. The molecule has 3 aliphatic rings. The van der Waals surface area contributed by atoms with Crippen molar-refractivity contribution in [1.82, 2.24) is 30.1 Å². The number of likely N-dealkylation sites (tertiary alicyclic amines) is 1. The van der Waals surface area contributed by atoms with E-state index >= 15 is 0 Å². The number of nitrogens with zero attached hydrogens (tertiary/aromatic N) is 5. The molecule has 3 saturated heterocycles. The van der Waals surface area contributed by atoms with Gasteiger partial charge in [-0.05, 0) is 42.9 Å². The van der Waals surface area contributed by atoms with Crippen LogP contribution < -0.4 is 5.32 Å². The third kappa shape index (κ3) is 6.67. The summed E-state index contributed by atoms with van der Waals surface area (Å²) in [5.41, 5.74) is 0.762. The van der Waals surface area contributed by atoms with Crippen LogP contribution in [0.2, 0.25) is 0 Å². The maximum absolute atomic E-state index is 14.9. The molecule has 4 heterocycles. The Labute approximate surface area is 297 Å². The molecule has 0 aliphatic carbocycles. The van der Waals surface area contributed by atoms with E-state index in [0.717, 1.165) is 5.52 Å². The molecule has 1 aromatic heterocycles. The smallest absolute Gasteiger partial charge is 0.313 e. The predicted octanol–water partition coefficient (Wildman–Crippen LogP) is 3.16. The third-order valence-corrected chi connectivity index (χ3v) is 10.4. The van der Waals surface area contributed by atoms with Crippen LogP contribution in [0, 0.1) is 17.8 Å². The minimum absolute atomic E-state index is 0.0300. The largest absolute Gasteiger partial charge is 0.455 e. The number of fused-ring (bicyclic) bond motifs is 2. The van der Waals surface area contributed by atoms with Gasteiger partial charge < -0.3 is 29.7 Å². The second kappa shape index (κ2) is 15.2. The zero-order valence-corrected chi connectivity index (χ0v) is 29.1. The van der Waals surface area contributed by atoms with Gasteiger partial charge in [0.1, 0.15) is 29.9 Å². The van der Waals surface area contributed by atoms with Crippen molar-refractivity contribution < 1.29 is 33.8 Å². The number of para-hydroxylation sites is 1. The zero-order valence-electron chi connectivity index (χ0n) is 29.1. The van der Waals surface area contributed by atoms with Crippen LogP contribution >= 0.6 is 0 Å². The summed E-state index contributed by atoms with van der Waals surface area (Å²) < 4.78 is 14.4. The molecule has 13 heteroatoms. The number of hydrogen-bond donors (Lipinski definition) is 2. The van der Waals surface area contributed by atoms with Crippen LogP contribution in [-0.2, 0) is 35.3 Å². The lowest BCUT2D eigenvalue weighted by Gasteiger charge is -2.40. The van der Waals surface area contributed by atoms with E-state index in [4.69, 9.17) is 9.47 Å². The number of rotatable bonds is 16. The molecular weight excluding hydrogens is 652 g/mol. The average Bonchev–Trinajstić information content (AvgIpc) is 3.89. The Kier molecular flexibility index (Phi) is 10.7. The van der Waals surface area contributed by atoms with Gasteiger partial charge in [-0.3, -0.25) is 19.2 Å². The topological polar surface area (TPSA) is 156 Å². The standard InChI is InChI=1S/C38H46N6O7/c1-5-7-17-31(46)39-21-30(25-13-9-8-10-14-25)50-37(49)32-29-18-19-38(51-29)33(32)35(47)44(28(22-45)24(3)4)34(38)36(48)42(20-6-2)23-43-27-16-12-11-15-26(27)40-41-43/h5-6,8-16,24,28-30,32-34,45H,1-2,7,17-23H2,3-4H3,(H,39,46)/t28-,29-,30+,32+,33+,34-,38+/m0/s1. The van der Waals surface area contributed by atoms with Crippen LogP contribution in [0.5, 0.6) is 0 Å². The fourth-order valence-corrected chi connectivity index (χ4v) is 7.99. The monoisotopic (exact) mass is 698 g/mol. The molecule has 7 atom stereocenters. The summed E-state index contributed by atoms with van der Waals surface area (Å²) >= 11 is 0. The highest BCUT2D eigenvalue weighted by Gasteiger charge is 2.76. The lowest BCUT2D eigenvalue weighted by molar-refractivity contribution is -0.161. The van der Waals surface area contributed by atoms with Gasteiger partial charge in [-0.15, -0.1) is 18.3 Å². The average molecular weight is 699 g/mol. The molecule has 2 aromatic carbocycles. The van der Waals surface area contributed by atoms with Gasteiger partial charge in [0.15, 0.2) is 0 Å². The molecular formula is C38H46N6O7. The van der Waals surface area contributed by atoms with E-state index in [1.54, 1.807) is 21.7 Å². The highest BCUT2D eigenvalue weighted by molar-refractivity contribution is 5.98. The zero-order chi connectivity index (χ0) is 36.3. The predicted molar refractivity (Wildman–Crippen MR) is 187 cm³/mol. The molecule has 270 valence electrons. The minimum atomic E-state index is -1.32. The van der Waals surface area contributed by atoms with Gasteiger partial charge in [-0.2, -0.15) is 0 Å². The van der Waals surface area contributed by atoms with Gasteiger partial charge in [0.2, 0.25) is 17.7 Å². The van der Waals surface area contributed by atoms with Crippen LogP contribution in [0.3, 0.4) is 0 Å². The highest BCUT2D eigenvalue weighted by atomic mass is 16.6. The Hall–Kier alpha value is -4.88. The molecule has 3 fully saturated rings. The Balaban J connectivity index is 1.32. The van der Waals surface area contributed by atoms with E-state index in [9.17, 15) is 24.3 Å². The summed E-state index contributed by atoms with van der Waals surface area (Å²) in [5, 5.41) is 22.0. The van der Waals surface area contributed by atoms with Crippen LogP contribution in [0.25, 0.3) is 11.0 Å². The summed E-state index contributed by atoms with van der Waals surface area (Å²) in [4.78, 5) is 59.3. The molecule has 1 spiro atoms. The van der Waals surface area contributed by atoms with E-state index in [1.165, 1.54) is 4.90 Å². The number of hydrogen-bond acceptors (Lipinski definition) is 9. The number of allylic oxidation sites excluding steroid dienone is 1. The molecule has 0 saturated carbocycles. The number of ether oxygens (including phenoxy) is 2. The molecule has 3 aliphatic heterocycles. The lowest BCUT2D eigenvalue weighted by atomic mass is 9.70. The first kappa shape index (κ1) is 35.9. The number of aromatic nitrogens is 3. The fourth-order valence-electron chi connectivity index (χ4n) is 7.99. The molecule has 51 heavy (non-hydrogen) atoms. The molecule has 3 amide bonds. The minimum Gasteiger partial charge on any atom is -0.455 e. The summed E-state index contributed by atoms with van der Waals surface area (Å²) in [6, 6.07) is 14.7. The van der Waals surface area contributed by atoms with Crippen molar-refractivity contribution in [1.29, 1.82) is 0 Å². The van der Waals surface area contributed by atoms with Crippen molar-refractivity contribution in [3.63, 3.8) is 0 Å². The summed E-state index contributed by atoms with van der Waals surface area (Å²) in [6.07, 6.45) is 3.36. The number of nitrogens with one attached hydrogen (secondary N) is 1. The van der Waals surface area contributed by atoms with Crippen molar-refractivity contribution in [2.45, 2.75) is 76.1 Å². The maximum atomic E-state index is 14.9. The first-order valence-electron chi connectivity index (χ1n) is 17.6. The van der Waals surface area contributed by atoms with E-state index in [-0.39, 0.29) is 44.6 Å². The molecule has 6 rings (SSSR count). The van der Waals surface area contributed by atoms with Crippen LogP contribution in [0.4, 0.5) is 0 Å². The number of esters is 1. The highest BCUT2D eigenvalue weighted by Crippen LogP contribution is 2.59. The molecule has 0 unspecified atom stereocenters. The van der Waals surface area contributed by atoms with Crippen molar-refractivity contribution in [2.24, 2.45) is 17.8 Å². The van der Waals surface area contributed by atoms with Crippen LogP contribution in [0.1, 0.15) is 51.2 Å². The Morgan fingerprint density at radius 1 is 1.14 bits per heavy atom. The summed E-state index contributed by atoms with van der Waals surface area (Å²) in [7, 11) is 0. The molecule has 2 N–H and O–H groups in total.